The summed E-state index contributed by atoms with van der Waals surface area (Å²) < 4.78 is 73.9. The molecule has 0 bridgehead atoms. The van der Waals surface area contributed by atoms with Crippen LogP contribution in [0.1, 0.15) is 0 Å². The second-order valence-corrected chi connectivity index (χ2v) is 4.61. The number of phenols is 1. The zero-order valence-corrected chi connectivity index (χ0v) is 11.1. The third-order valence-electron chi connectivity index (χ3n) is 2.20. The molecule has 0 aliphatic carbocycles. The van der Waals surface area contributed by atoms with E-state index in [9.17, 15) is 36.2 Å². The van der Waals surface area contributed by atoms with Crippen LogP contribution in [0.5, 0.6) is 5.75 Å². The fourth-order valence-electron chi connectivity index (χ4n) is 1.33. The second kappa shape index (κ2) is 5.80. The van der Waals surface area contributed by atoms with E-state index >= 15 is 0 Å². The summed E-state index contributed by atoms with van der Waals surface area (Å²) in [6.45, 7) is 0. The van der Waals surface area contributed by atoms with Gasteiger partial charge in [-0.3, -0.25) is 4.79 Å². The highest BCUT2D eigenvalue weighted by molar-refractivity contribution is 6.37. The molecule has 0 heterocycles. The molecule has 0 radical (unpaired) electrons. The molecular formula is C10H5Cl2F6NO2. The van der Waals surface area contributed by atoms with E-state index in [1.165, 1.54) is 5.32 Å². The van der Waals surface area contributed by atoms with Gasteiger partial charge >= 0.3 is 12.4 Å². The Kier molecular flexibility index (Phi) is 4.89. The topological polar surface area (TPSA) is 49.3 Å². The predicted molar refractivity (Wildman–Crippen MR) is 62.4 cm³/mol. The van der Waals surface area contributed by atoms with Crippen LogP contribution in [-0.2, 0) is 4.79 Å². The number of carbonyl (C=O) groups is 1. The van der Waals surface area contributed by atoms with Gasteiger partial charge in [0.05, 0.1) is 10.0 Å². The molecule has 0 aliphatic rings. The molecule has 0 saturated carbocycles. The fourth-order valence-corrected chi connectivity index (χ4v) is 1.82. The normalized spacial score (nSPS) is 12.6. The van der Waals surface area contributed by atoms with Gasteiger partial charge in [-0.1, -0.05) is 23.2 Å². The summed E-state index contributed by atoms with van der Waals surface area (Å²) in [5.41, 5.74) is -0.522. The Hall–Kier alpha value is -1.35. The molecule has 0 spiro atoms. The number of benzene rings is 1. The number of halogens is 8. The molecule has 1 aromatic rings. The van der Waals surface area contributed by atoms with Gasteiger partial charge in [0.25, 0.3) is 0 Å². The molecule has 0 fully saturated rings. The molecule has 3 nitrogen and oxygen atoms in total. The molecule has 2 N–H and O–H groups in total. The van der Waals surface area contributed by atoms with Crippen molar-refractivity contribution in [3.05, 3.63) is 22.2 Å². The van der Waals surface area contributed by atoms with Crippen LogP contribution in [0.3, 0.4) is 0 Å². The van der Waals surface area contributed by atoms with Gasteiger partial charge in [0, 0.05) is 5.69 Å². The maximum Gasteiger partial charge on any atom is 0.409 e. The van der Waals surface area contributed by atoms with Gasteiger partial charge in [0.1, 0.15) is 0 Å². The summed E-state index contributed by atoms with van der Waals surface area (Å²) in [6.07, 6.45) is -11.6. The summed E-state index contributed by atoms with van der Waals surface area (Å²) in [4.78, 5) is 11.2. The van der Waals surface area contributed by atoms with E-state index in [1.807, 2.05) is 0 Å². The van der Waals surface area contributed by atoms with E-state index in [2.05, 4.69) is 0 Å². The van der Waals surface area contributed by atoms with E-state index < -0.39 is 45.7 Å². The quantitative estimate of drug-likeness (QED) is 0.611. The van der Waals surface area contributed by atoms with Gasteiger partial charge < -0.3 is 10.4 Å². The SMILES string of the molecule is O=C(Nc1cc(Cl)c(O)c(Cl)c1)C(C(F)(F)F)C(F)(F)F. The minimum Gasteiger partial charge on any atom is -0.505 e. The number of amides is 1. The van der Waals surface area contributed by atoms with E-state index in [4.69, 9.17) is 23.2 Å². The van der Waals surface area contributed by atoms with Crippen molar-refractivity contribution in [2.75, 3.05) is 5.32 Å². The molecule has 0 aromatic heterocycles. The van der Waals surface area contributed by atoms with E-state index in [0.717, 1.165) is 12.1 Å². The van der Waals surface area contributed by atoms with Gasteiger partial charge in [0.15, 0.2) is 5.75 Å². The molecule has 118 valence electrons. The van der Waals surface area contributed by atoms with Crippen molar-refractivity contribution in [3.8, 4) is 5.75 Å². The Labute approximate surface area is 123 Å². The van der Waals surface area contributed by atoms with Crippen molar-refractivity contribution < 1.29 is 36.2 Å². The Morgan fingerprint density at radius 3 is 1.76 bits per heavy atom. The molecule has 0 saturated heterocycles. The number of hydrogen-bond acceptors (Lipinski definition) is 2. The Bertz CT molecular complexity index is 520. The highest BCUT2D eigenvalue weighted by Crippen LogP contribution is 2.40. The van der Waals surface area contributed by atoms with Crippen molar-refractivity contribution in [3.63, 3.8) is 0 Å². The summed E-state index contributed by atoms with van der Waals surface area (Å²) >= 11 is 10.9. The van der Waals surface area contributed by atoms with Crippen LogP contribution < -0.4 is 5.32 Å². The summed E-state index contributed by atoms with van der Waals surface area (Å²) in [6, 6.07) is 1.51. The van der Waals surface area contributed by atoms with Crippen LogP contribution in [0.25, 0.3) is 0 Å². The summed E-state index contributed by atoms with van der Waals surface area (Å²) in [5.74, 6) is -7.16. The van der Waals surface area contributed by atoms with Gasteiger partial charge in [-0.05, 0) is 12.1 Å². The van der Waals surface area contributed by atoms with Crippen LogP contribution in [-0.4, -0.2) is 23.4 Å². The summed E-state index contributed by atoms with van der Waals surface area (Å²) in [5, 5.41) is 9.70. The number of hydrogen-bond donors (Lipinski definition) is 2. The summed E-state index contributed by atoms with van der Waals surface area (Å²) in [7, 11) is 0. The highest BCUT2D eigenvalue weighted by Gasteiger charge is 2.61. The van der Waals surface area contributed by atoms with Gasteiger partial charge in [-0.2, -0.15) is 26.3 Å². The number of aromatic hydroxyl groups is 1. The highest BCUT2D eigenvalue weighted by atomic mass is 35.5. The zero-order chi connectivity index (χ0) is 16.6. The standard InChI is InChI=1S/C10H5Cl2F6NO2/c11-4-1-3(2-5(12)6(4)20)19-8(21)7(9(13,14)15)10(16,17)18/h1-2,7,20H,(H,19,21). The number of phenolic OH excluding ortho intramolecular Hbond substituents is 1. The molecule has 1 aromatic carbocycles. The van der Waals surface area contributed by atoms with Crippen molar-refractivity contribution in [1.82, 2.24) is 0 Å². The maximum absolute atomic E-state index is 12.3. The first-order valence-electron chi connectivity index (χ1n) is 4.96. The van der Waals surface area contributed by atoms with Crippen LogP contribution in [0.15, 0.2) is 12.1 Å². The minimum absolute atomic E-state index is 0.451. The van der Waals surface area contributed by atoms with E-state index in [-0.39, 0.29) is 0 Å². The lowest BCUT2D eigenvalue weighted by atomic mass is 10.1. The van der Waals surface area contributed by atoms with Crippen LogP contribution >= 0.6 is 23.2 Å². The number of nitrogens with one attached hydrogen (secondary N) is 1. The molecule has 21 heavy (non-hydrogen) atoms. The molecule has 1 amide bonds. The Balaban J connectivity index is 3.09. The van der Waals surface area contributed by atoms with Crippen LogP contribution in [0.2, 0.25) is 10.0 Å². The third-order valence-corrected chi connectivity index (χ3v) is 2.78. The molecule has 1 rings (SSSR count). The monoisotopic (exact) mass is 355 g/mol. The molecule has 11 heteroatoms. The van der Waals surface area contributed by atoms with E-state index in [0.29, 0.717) is 0 Å². The average Bonchev–Trinajstić information content (AvgIpc) is 2.21. The number of alkyl halides is 6. The molecule has 0 atom stereocenters. The number of rotatable bonds is 2. The number of carbonyl (C=O) groups excluding carboxylic acids is 1. The van der Waals surface area contributed by atoms with Crippen molar-refractivity contribution >= 4 is 34.8 Å². The van der Waals surface area contributed by atoms with Crippen LogP contribution in [0, 0.1) is 5.92 Å². The van der Waals surface area contributed by atoms with Crippen molar-refractivity contribution in [2.45, 2.75) is 12.4 Å². The molecule has 0 aliphatic heterocycles. The Morgan fingerprint density at radius 1 is 1.05 bits per heavy atom. The Morgan fingerprint density at radius 2 is 1.43 bits per heavy atom. The predicted octanol–water partition coefficient (Wildman–Crippen LogP) is 4.38. The second-order valence-electron chi connectivity index (χ2n) is 3.79. The lowest BCUT2D eigenvalue weighted by Gasteiger charge is -2.22. The van der Waals surface area contributed by atoms with Gasteiger partial charge in [0.2, 0.25) is 11.8 Å². The first kappa shape index (κ1) is 17.7. The lowest BCUT2D eigenvalue weighted by molar-refractivity contribution is -0.272. The van der Waals surface area contributed by atoms with Gasteiger partial charge in [-0.15, -0.1) is 0 Å². The molecule has 0 unspecified atom stereocenters. The lowest BCUT2D eigenvalue weighted by Crippen LogP contribution is -2.45. The minimum atomic E-state index is -5.81. The van der Waals surface area contributed by atoms with Crippen LogP contribution in [0.4, 0.5) is 32.0 Å². The third kappa shape index (κ3) is 4.31. The fraction of sp³-hybridized carbons (Fsp3) is 0.300. The first-order valence-corrected chi connectivity index (χ1v) is 5.72. The van der Waals surface area contributed by atoms with Crippen molar-refractivity contribution in [2.24, 2.45) is 5.92 Å². The zero-order valence-electron chi connectivity index (χ0n) is 9.61. The molecular weight excluding hydrogens is 351 g/mol. The largest absolute Gasteiger partial charge is 0.505 e. The number of anilines is 1. The average molecular weight is 356 g/mol. The van der Waals surface area contributed by atoms with Gasteiger partial charge in [-0.25, -0.2) is 0 Å². The maximum atomic E-state index is 12.3. The van der Waals surface area contributed by atoms with Crippen molar-refractivity contribution in [1.29, 1.82) is 0 Å². The first-order chi connectivity index (χ1) is 9.34. The van der Waals surface area contributed by atoms with E-state index in [1.54, 1.807) is 0 Å². The smallest absolute Gasteiger partial charge is 0.409 e.